The first-order valence-electron chi connectivity index (χ1n) is 7.09. The number of rotatable bonds is 6. The fourth-order valence-corrected chi connectivity index (χ4v) is 1.74. The summed E-state index contributed by atoms with van der Waals surface area (Å²) in [6, 6.07) is 7.80. The van der Waals surface area contributed by atoms with Crippen LogP contribution in [0.15, 0.2) is 24.3 Å². The van der Waals surface area contributed by atoms with Gasteiger partial charge in [0, 0.05) is 5.54 Å². The van der Waals surface area contributed by atoms with Crippen molar-refractivity contribution in [1.82, 2.24) is 10.6 Å². The van der Waals surface area contributed by atoms with Gasteiger partial charge in [0.15, 0.2) is 0 Å². The second-order valence-electron chi connectivity index (χ2n) is 5.89. The van der Waals surface area contributed by atoms with Crippen molar-refractivity contribution in [3.8, 4) is 5.75 Å². The van der Waals surface area contributed by atoms with E-state index >= 15 is 0 Å². The number of carbonyl (C=O) groups excluding carboxylic acids is 1. The Morgan fingerprint density at radius 2 is 1.85 bits per heavy atom. The Balaban J connectivity index is 2.49. The molecule has 20 heavy (non-hydrogen) atoms. The van der Waals surface area contributed by atoms with Crippen molar-refractivity contribution >= 4 is 5.91 Å². The highest BCUT2D eigenvalue weighted by Gasteiger charge is 2.13. The summed E-state index contributed by atoms with van der Waals surface area (Å²) in [5.41, 5.74) is 1.01. The predicted molar refractivity (Wildman–Crippen MR) is 81.9 cm³/mol. The van der Waals surface area contributed by atoms with Crippen LogP contribution in [-0.4, -0.2) is 24.6 Å². The van der Waals surface area contributed by atoms with Crippen LogP contribution in [0.3, 0.4) is 0 Å². The molecule has 0 aliphatic carbocycles. The molecule has 0 bridgehead atoms. The van der Waals surface area contributed by atoms with Crippen molar-refractivity contribution in [1.29, 1.82) is 0 Å². The van der Waals surface area contributed by atoms with E-state index < -0.39 is 0 Å². The number of hydrogen-bond acceptors (Lipinski definition) is 3. The third-order valence-electron chi connectivity index (χ3n) is 2.85. The van der Waals surface area contributed by atoms with E-state index in [1.54, 1.807) is 0 Å². The molecule has 1 aromatic carbocycles. The Kier molecular flexibility index (Phi) is 6.02. The van der Waals surface area contributed by atoms with Gasteiger partial charge >= 0.3 is 0 Å². The zero-order chi connectivity index (χ0) is 15.2. The number of carbonyl (C=O) groups is 1. The molecule has 4 heteroatoms. The second kappa shape index (κ2) is 7.29. The van der Waals surface area contributed by atoms with Crippen LogP contribution in [-0.2, 0) is 4.79 Å². The van der Waals surface area contributed by atoms with Gasteiger partial charge in [0.1, 0.15) is 5.75 Å². The van der Waals surface area contributed by atoms with E-state index in [0.717, 1.165) is 11.3 Å². The third-order valence-corrected chi connectivity index (χ3v) is 2.85. The SMILES string of the molecule is CCOc1ccc(C(C)NC(=O)CNC(C)(C)C)cc1. The van der Waals surface area contributed by atoms with E-state index in [4.69, 9.17) is 4.74 Å². The van der Waals surface area contributed by atoms with Gasteiger partial charge in [-0.25, -0.2) is 0 Å². The topological polar surface area (TPSA) is 50.4 Å². The van der Waals surface area contributed by atoms with Crippen molar-refractivity contribution in [3.05, 3.63) is 29.8 Å². The van der Waals surface area contributed by atoms with Gasteiger partial charge in [-0.1, -0.05) is 12.1 Å². The molecule has 0 heterocycles. The lowest BCUT2D eigenvalue weighted by molar-refractivity contribution is -0.121. The summed E-state index contributed by atoms with van der Waals surface area (Å²) >= 11 is 0. The Hall–Kier alpha value is -1.55. The van der Waals surface area contributed by atoms with E-state index in [-0.39, 0.29) is 17.5 Å². The zero-order valence-electron chi connectivity index (χ0n) is 13.1. The van der Waals surface area contributed by atoms with Crippen molar-refractivity contribution in [3.63, 3.8) is 0 Å². The predicted octanol–water partition coefficient (Wildman–Crippen LogP) is 2.65. The molecule has 0 aromatic heterocycles. The molecule has 0 saturated heterocycles. The number of ether oxygens (including phenoxy) is 1. The van der Waals surface area contributed by atoms with Gasteiger partial charge in [-0.05, 0) is 52.3 Å². The maximum atomic E-state index is 11.8. The molecule has 0 spiro atoms. The van der Waals surface area contributed by atoms with Crippen LogP contribution >= 0.6 is 0 Å². The first-order valence-corrected chi connectivity index (χ1v) is 7.09. The van der Waals surface area contributed by atoms with Crippen molar-refractivity contribution < 1.29 is 9.53 Å². The number of hydrogen-bond donors (Lipinski definition) is 2. The van der Waals surface area contributed by atoms with Gasteiger partial charge in [0.2, 0.25) is 5.91 Å². The lowest BCUT2D eigenvalue weighted by atomic mass is 10.1. The van der Waals surface area contributed by atoms with Gasteiger partial charge in [0.25, 0.3) is 0 Å². The Bertz CT molecular complexity index is 421. The van der Waals surface area contributed by atoms with Crippen molar-refractivity contribution in [2.24, 2.45) is 0 Å². The zero-order valence-corrected chi connectivity index (χ0v) is 13.1. The van der Waals surface area contributed by atoms with Gasteiger partial charge < -0.3 is 15.4 Å². The highest BCUT2D eigenvalue weighted by molar-refractivity contribution is 5.78. The van der Waals surface area contributed by atoms with E-state index in [1.165, 1.54) is 0 Å². The monoisotopic (exact) mass is 278 g/mol. The van der Waals surface area contributed by atoms with E-state index in [1.807, 2.05) is 58.9 Å². The van der Waals surface area contributed by atoms with Crippen LogP contribution in [0, 0.1) is 0 Å². The fourth-order valence-electron chi connectivity index (χ4n) is 1.74. The highest BCUT2D eigenvalue weighted by atomic mass is 16.5. The summed E-state index contributed by atoms with van der Waals surface area (Å²) in [4.78, 5) is 11.8. The number of amides is 1. The quantitative estimate of drug-likeness (QED) is 0.841. The molecule has 1 amide bonds. The molecule has 0 aliphatic heterocycles. The first kappa shape index (κ1) is 16.5. The van der Waals surface area contributed by atoms with Gasteiger partial charge in [0.05, 0.1) is 19.2 Å². The molecule has 0 aliphatic rings. The lowest BCUT2D eigenvalue weighted by Crippen LogP contribution is -2.43. The van der Waals surface area contributed by atoms with Crippen LogP contribution in [0.2, 0.25) is 0 Å². The summed E-state index contributed by atoms with van der Waals surface area (Å²) in [5.74, 6) is 0.852. The Labute approximate surface area is 121 Å². The summed E-state index contributed by atoms with van der Waals surface area (Å²) in [6.45, 7) is 11.0. The van der Waals surface area contributed by atoms with Crippen LogP contribution < -0.4 is 15.4 Å². The maximum Gasteiger partial charge on any atom is 0.234 e. The highest BCUT2D eigenvalue weighted by Crippen LogP contribution is 2.17. The molecule has 1 rings (SSSR count). The summed E-state index contributed by atoms with van der Waals surface area (Å²) in [5, 5.41) is 6.15. The Morgan fingerprint density at radius 1 is 1.25 bits per heavy atom. The normalized spacial score (nSPS) is 12.8. The standard InChI is InChI=1S/C16H26N2O2/c1-6-20-14-9-7-13(8-10-14)12(2)18-15(19)11-17-16(3,4)5/h7-10,12,17H,6,11H2,1-5H3,(H,18,19). The lowest BCUT2D eigenvalue weighted by Gasteiger charge is -2.21. The average molecular weight is 278 g/mol. The van der Waals surface area contributed by atoms with E-state index in [2.05, 4.69) is 10.6 Å². The van der Waals surface area contributed by atoms with Crippen molar-refractivity contribution in [2.75, 3.05) is 13.2 Å². The van der Waals surface area contributed by atoms with Gasteiger partial charge in [-0.2, -0.15) is 0 Å². The third kappa shape index (κ3) is 6.06. The van der Waals surface area contributed by atoms with E-state index in [0.29, 0.717) is 13.2 Å². The molecule has 2 N–H and O–H groups in total. The molecule has 112 valence electrons. The molecule has 4 nitrogen and oxygen atoms in total. The van der Waals surface area contributed by atoms with Crippen LogP contribution in [0.4, 0.5) is 0 Å². The molecule has 0 fully saturated rings. The van der Waals surface area contributed by atoms with Gasteiger partial charge in [-0.15, -0.1) is 0 Å². The van der Waals surface area contributed by atoms with Gasteiger partial charge in [-0.3, -0.25) is 4.79 Å². The maximum absolute atomic E-state index is 11.8. The average Bonchev–Trinajstić information content (AvgIpc) is 2.37. The minimum absolute atomic E-state index is 0.00121. The Morgan fingerprint density at radius 3 is 2.35 bits per heavy atom. The van der Waals surface area contributed by atoms with E-state index in [9.17, 15) is 4.79 Å². The largest absolute Gasteiger partial charge is 0.494 e. The van der Waals surface area contributed by atoms with Crippen LogP contribution in [0.1, 0.15) is 46.2 Å². The number of nitrogens with one attached hydrogen (secondary N) is 2. The second-order valence-corrected chi connectivity index (χ2v) is 5.89. The molecule has 0 saturated carbocycles. The molecule has 0 radical (unpaired) electrons. The smallest absolute Gasteiger partial charge is 0.234 e. The summed E-state index contributed by atoms with van der Waals surface area (Å²) in [6.07, 6.45) is 0. The molecule has 1 atom stereocenters. The first-order chi connectivity index (χ1) is 9.31. The number of benzene rings is 1. The van der Waals surface area contributed by atoms with Crippen LogP contribution in [0.25, 0.3) is 0 Å². The molecule has 1 aromatic rings. The van der Waals surface area contributed by atoms with Crippen molar-refractivity contribution in [2.45, 2.75) is 46.2 Å². The van der Waals surface area contributed by atoms with Crippen LogP contribution in [0.5, 0.6) is 5.75 Å². The summed E-state index contributed by atoms with van der Waals surface area (Å²) in [7, 11) is 0. The summed E-state index contributed by atoms with van der Waals surface area (Å²) < 4.78 is 5.40. The molecular weight excluding hydrogens is 252 g/mol. The molecule has 1 unspecified atom stereocenters. The minimum Gasteiger partial charge on any atom is -0.494 e. The minimum atomic E-state index is -0.0558. The molecular formula is C16H26N2O2. The fraction of sp³-hybridized carbons (Fsp3) is 0.562.